The highest BCUT2D eigenvalue weighted by Crippen LogP contribution is 2.11. The van der Waals surface area contributed by atoms with E-state index < -0.39 is 6.04 Å². The molecular weight excluding hydrogens is 228 g/mol. The van der Waals surface area contributed by atoms with Crippen molar-refractivity contribution in [1.29, 1.82) is 0 Å². The molecule has 1 rings (SSSR count). The molecule has 4 heteroatoms. The average molecular weight is 248 g/mol. The van der Waals surface area contributed by atoms with E-state index in [0.717, 1.165) is 17.7 Å². The molecule has 1 amide bonds. The molecule has 4 nitrogen and oxygen atoms in total. The molecule has 1 aromatic rings. The number of rotatable bonds is 7. The topological polar surface area (TPSA) is 64.4 Å². The summed E-state index contributed by atoms with van der Waals surface area (Å²) < 4.78 is 5.07. The first kappa shape index (κ1) is 14.3. The van der Waals surface area contributed by atoms with Gasteiger partial charge in [-0.1, -0.05) is 18.2 Å². The van der Waals surface area contributed by atoms with Gasteiger partial charge in [-0.15, -0.1) is 6.58 Å². The second-order valence-corrected chi connectivity index (χ2v) is 4.02. The zero-order valence-corrected chi connectivity index (χ0v) is 10.7. The van der Waals surface area contributed by atoms with Crippen LogP contribution in [0.15, 0.2) is 36.9 Å². The summed E-state index contributed by atoms with van der Waals surface area (Å²) in [5.74, 6) is 0.694. The zero-order valence-electron chi connectivity index (χ0n) is 10.7. The Morgan fingerprint density at radius 3 is 2.72 bits per heavy atom. The molecule has 1 unspecified atom stereocenters. The van der Waals surface area contributed by atoms with E-state index in [9.17, 15) is 4.79 Å². The lowest BCUT2D eigenvalue weighted by Crippen LogP contribution is -2.40. The normalized spacial score (nSPS) is 11.7. The molecule has 0 saturated carbocycles. The zero-order chi connectivity index (χ0) is 13.4. The SMILES string of the molecule is C=CCC(N)C(=O)NCCc1ccc(OC)cc1. The van der Waals surface area contributed by atoms with E-state index in [1.54, 1.807) is 13.2 Å². The van der Waals surface area contributed by atoms with Gasteiger partial charge in [0.15, 0.2) is 0 Å². The standard InChI is InChI=1S/C14H20N2O2/c1-3-4-13(15)14(17)16-10-9-11-5-7-12(18-2)8-6-11/h3,5-8,13H,1,4,9-10,15H2,2H3,(H,16,17). The maximum Gasteiger partial charge on any atom is 0.237 e. The fourth-order valence-corrected chi connectivity index (χ4v) is 1.54. The van der Waals surface area contributed by atoms with Crippen LogP contribution in [0, 0.1) is 0 Å². The third-order valence-electron chi connectivity index (χ3n) is 2.63. The van der Waals surface area contributed by atoms with Gasteiger partial charge in [0.2, 0.25) is 5.91 Å². The van der Waals surface area contributed by atoms with Crippen molar-refractivity contribution in [2.24, 2.45) is 5.73 Å². The summed E-state index contributed by atoms with van der Waals surface area (Å²) >= 11 is 0. The van der Waals surface area contributed by atoms with Crippen LogP contribution in [0.4, 0.5) is 0 Å². The predicted molar refractivity (Wildman–Crippen MR) is 72.5 cm³/mol. The van der Waals surface area contributed by atoms with Crippen molar-refractivity contribution >= 4 is 5.91 Å². The summed E-state index contributed by atoms with van der Waals surface area (Å²) in [7, 11) is 1.64. The van der Waals surface area contributed by atoms with Crippen LogP contribution >= 0.6 is 0 Å². The molecule has 0 aliphatic heterocycles. The smallest absolute Gasteiger partial charge is 0.237 e. The molecule has 0 aliphatic rings. The Morgan fingerprint density at radius 1 is 1.50 bits per heavy atom. The maximum atomic E-state index is 11.5. The van der Waals surface area contributed by atoms with Crippen molar-refractivity contribution in [2.75, 3.05) is 13.7 Å². The summed E-state index contributed by atoms with van der Waals surface area (Å²) in [5.41, 5.74) is 6.79. The molecule has 0 fully saturated rings. The van der Waals surface area contributed by atoms with Crippen LogP contribution in [-0.4, -0.2) is 25.6 Å². The molecule has 0 saturated heterocycles. The fourth-order valence-electron chi connectivity index (χ4n) is 1.54. The van der Waals surface area contributed by atoms with Gasteiger partial charge in [0.25, 0.3) is 0 Å². The van der Waals surface area contributed by atoms with Crippen molar-refractivity contribution in [3.05, 3.63) is 42.5 Å². The Kier molecular flexibility index (Phi) is 5.94. The van der Waals surface area contributed by atoms with E-state index in [4.69, 9.17) is 10.5 Å². The molecule has 0 heterocycles. The summed E-state index contributed by atoms with van der Waals surface area (Å²) in [5, 5.41) is 2.80. The number of carbonyl (C=O) groups is 1. The second-order valence-electron chi connectivity index (χ2n) is 4.02. The average Bonchev–Trinajstić information content (AvgIpc) is 2.39. The van der Waals surface area contributed by atoms with Gasteiger partial charge in [0, 0.05) is 6.54 Å². The first-order valence-corrected chi connectivity index (χ1v) is 5.94. The van der Waals surface area contributed by atoms with Crippen LogP contribution in [0.25, 0.3) is 0 Å². The highest BCUT2D eigenvalue weighted by molar-refractivity contribution is 5.81. The first-order valence-electron chi connectivity index (χ1n) is 5.94. The lowest BCUT2D eigenvalue weighted by molar-refractivity contribution is -0.122. The third-order valence-corrected chi connectivity index (χ3v) is 2.63. The van der Waals surface area contributed by atoms with Crippen LogP contribution < -0.4 is 15.8 Å². The molecule has 1 aromatic carbocycles. The lowest BCUT2D eigenvalue weighted by atomic mass is 10.1. The van der Waals surface area contributed by atoms with Gasteiger partial charge in [-0.05, 0) is 30.5 Å². The van der Waals surface area contributed by atoms with Crippen LogP contribution in [0.3, 0.4) is 0 Å². The molecule has 0 aromatic heterocycles. The van der Waals surface area contributed by atoms with Crippen molar-refractivity contribution < 1.29 is 9.53 Å². The van der Waals surface area contributed by atoms with E-state index in [2.05, 4.69) is 11.9 Å². The minimum atomic E-state index is -0.502. The van der Waals surface area contributed by atoms with Crippen molar-refractivity contribution in [1.82, 2.24) is 5.32 Å². The number of amides is 1. The fraction of sp³-hybridized carbons (Fsp3) is 0.357. The molecule has 0 radical (unpaired) electrons. The van der Waals surface area contributed by atoms with Gasteiger partial charge in [-0.3, -0.25) is 4.79 Å². The van der Waals surface area contributed by atoms with Crippen molar-refractivity contribution in [3.8, 4) is 5.75 Å². The van der Waals surface area contributed by atoms with E-state index in [1.807, 2.05) is 24.3 Å². The largest absolute Gasteiger partial charge is 0.497 e. The summed E-state index contributed by atoms with van der Waals surface area (Å²) in [6.45, 7) is 4.13. The first-order chi connectivity index (χ1) is 8.67. The van der Waals surface area contributed by atoms with E-state index in [0.29, 0.717) is 13.0 Å². The molecule has 18 heavy (non-hydrogen) atoms. The van der Waals surface area contributed by atoms with Crippen molar-refractivity contribution in [3.63, 3.8) is 0 Å². The van der Waals surface area contributed by atoms with Gasteiger partial charge >= 0.3 is 0 Å². The number of methoxy groups -OCH3 is 1. The Hall–Kier alpha value is -1.81. The summed E-state index contributed by atoms with van der Waals surface area (Å²) in [4.78, 5) is 11.5. The molecule has 3 N–H and O–H groups in total. The highest BCUT2D eigenvalue weighted by Gasteiger charge is 2.10. The summed E-state index contributed by atoms with van der Waals surface area (Å²) in [6, 6.07) is 7.27. The van der Waals surface area contributed by atoms with Crippen LogP contribution in [0.2, 0.25) is 0 Å². The van der Waals surface area contributed by atoms with Gasteiger partial charge < -0.3 is 15.8 Å². The Bertz CT molecular complexity index is 387. The molecule has 0 aliphatic carbocycles. The number of nitrogens with one attached hydrogen (secondary N) is 1. The number of ether oxygens (including phenoxy) is 1. The van der Waals surface area contributed by atoms with Gasteiger partial charge in [0.1, 0.15) is 5.75 Å². The number of hydrogen-bond acceptors (Lipinski definition) is 3. The van der Waals surface area contributed by atoms with E-state index >= 15 is 0 Å². The maximum absolute atomic E-state index is 11.5. The van der Waals surface area contributed by atoms with Gasteiger partial charge in [-0.2, -0.15) is 0 Å². The van der Waals surface area contributed by atoms with Gasteiger partial charge in [-0.25, -0.2) is 0 Å². The number of benzene rings is 1. The minimum Gasteiger partial charge on any atom is -0.497 e. The second kappa shape index (κ2) is 7.50. The third kappa shape index (κ3) is 4.59. The highest BCUT2D eigenvalue weighted by atomic mass is 16.5. The number of hydrogen-bond donors (Lipinski definition) is 2. The molecule has 0 spiro atoms. The quantitative estimate of drug-likeness (QED) is 0.714. The monoisotopic (exact) mass is 248 g/mol. The Labute approximate surface area is 108 Å². The predicted octanol–water partition coefficient (Wildman–Crippen LogP) is 1.26. The van der Waals surface area contributed by atoms with Crippen LogP contribution in [-0.2, 0) is 11.2 Å². The number of nitrogens with two attached hydrogens (primary N) is 1. The molecule has 1 atom stereocenters. The lowest BCUT2D eigenvalue weighted by Gasteiger charge is -2.10. The van der Waals surface area contributed by atoms with E-state index in [1.165, 1.54) is 0 Å². The Balaban J connectivity index is 2.32. The van der Waals surface area contributed by atoms with Crippen LogP contribution in [0.1, 0.15) is 12.0 Å². The minimum absolute atomic E-state index is 0.136. The summed E-state index contributed by atoms with van der Waals surface area (Å²) in [6.07, 6.45) is 2.92. The van der Waals surface area contributed by atoms with Gasteiger partial charge in [0.05, 0.1) is 13.2 Å². The van der Waals surface area contributed by atoms with Crippen molar-refractivity contribution in [2.45, 2.75) is 18.9 Å². The van der Waals surface area contributed by atoms with Crippen LogP contribution in [0.5, 0.6) is 5.75 Å². The van der Waals surface area contributed by atoms with E-state index in [-0.39, 0.29) is 5.91 Å². The number of carbonyl (C=O) groups excluding carboxylic acids is 1. The molecular formula is C14H20N2O2. The Morgan fingerprint density at radius 2 is 2.17 bits per heavy atom. The molecule has 98 valence electrons. The molecule has 0 bridgehead atoms.